The van der Waals surface area contributed by atoms with Crippen molar-refractivity contribution < 1.29 is 9.59 Å². The van der Waals surface area contributed by atoms with Gasteiger partial charge in [-0.1, -0.05) is 68.4 Å². The molecule has 0 bridgehead atoms. The fraction of sp³-hybridized carbons (Fsp3) is 0.364. The van der Waals surface area contributed by atoms with Crippen LogP contribution in [-0.4, -0.2) is 23.8 Å². The minimum Gasteiger partial charge on any atom is -0.345 e. The van der Waals surface area contributed by atoms with Gasteiger partial charge in [0.15, 0.2) is 5.78 Å². The van der Waals surface area contributed by atoms with Gasteiger partial charge in [-0.3, -0.25) is 9.59 Å². The summed E-state index contributed by atoms with van der Waals surface area (Å²) < 4.78 is 0. The van der Waals surface area contributed by atoms with Crippen molar-refractivity contribution >= 4 is 11.7 Å². The van der Waals surface area contributed by atoms with E-state index in [0.29, 0.717) is 18.8 Å². The van der Waals surface area contributed by atoms with Gasteiger partial charge in [0.25, 0.3) is 0 Å². The number of amides is 1. The predicted molar refractivity (Wildman–Crippen MR) is 106 cm³/mol. The molecule has 0 fully saturated rings. The Bertz CT molecular complexity index is 724. The first kappa shape index (κ1) is 19.9. The molecule has 2 aromatic rings. The molecule has 0 aliphatic rings. The second-order valence-corrected chi connectivity index (χ2v) is 7.17. The second-order valence-electron chi connectivity index (χ2n) is 7.17. The molecule has 2 aromatic carbocycles. The standard InChI is InChI=1S/C22H28N2O2/c1-15(2)13-20(23)22(26)24-21(16(3)25)14-17-9-11-19(12-10-17)18-7-5-4-6-8-18/h4-12,15,20-21H,13-14,23H2,1-3H3,(H,24,26)/t20-,21-/m0/s1. The summed E-state index contributed by atoms with van der Waals surface area (Å²) in [5.74, 6) is -0.000836. The van der Waals surface area contributed by atoms with Crippen molar-refractivity contribution in [3.63, 3.8) is 0 Å². The van der Waals surface area contributed by atoms with Gasteiger partial charge >= 0.3 is 0 Å². The number of Topliss-reactive ketones (excluding diaryl/α,β-unsaturated/α-hetero) is 1. The molecule has 4 heteroatoms. The molecule has 0 aliphatic carbocycles. The Hall–Kier alpha value is -2.46. The van der Waals surface area contributed by atoms with E-state index in [-0.39, 0.29) is 11.7 Å². The van der Waals surface area contributed by atoms with E-state index in [4.69, 9.17) is 5.73 Å². The van der Waals surface area contributed by atoms with Crippen molar-refractivity contribution in [2.45, 2.75) is 45.7 Å². The fourth-order valence-corrected chi connectivity index (χ4v) is 2.89. The second kappa shape index (κ2) is 9.30. The van der Waals surface area contributed by atoms with Crippen LogP contribution in [0, 0.1) is 5.92 Å². The summed E-state index contributed by atoms with van der Waals surface area (Å²) in [7, 11) is 0. The number of carbonyl (C=O) groups is 2. The summed E-state index contributed by atoms with van der Waals surface area (Å²) in [5.41, 5.74) is 9.19. The molecule has 26 heavy (non-hydrogen) atoms. The molecule has 0 radical (unpaired) electrons. The number of nitrogens with one attached hydrogen (secondary N) is 1. The maximum Gasteiger partial charge on any atom is 0.237 e. The lowest BCUT2D eigenvalue weighted by Gasteiger charge is -2.20. The number of hydrogen-bond acceptors (Lipinski definition) is 3. The minimum absolute atomic E-state index is 0.0674. The largest absolute Gasteiger partial charge is 0.345 e. The van der Waals surface area contributed by atoms with Crippen LogP contribution in [0.2, 0.25) is 0 Å². The van der Waals surface area contributed by atoms with Crippen LogP contribution in [0.4, 0.5) is 0 Å². The lowest BCUT2D eigenvalue weighted by molar-refractivity contribution is -0.127. The molecule has 0 unspecified atom stereocenters. The van der Waals surface area contributed by atoms with Crippen LogP contribution in [0.3, 0.4) is 0 Å². The Balaban J connectivity index is 2.03. The molecule has 0 spiro atoms. The summed E-state index contributed by atoms with van der Waals surface area (Å²) in [6.45, 7) is 5.53. The zero-order valence-corrected chi connectivity index (χ0v) is 15.7. The van der Waals surface area contributed by atoms with E-state index in [9.17, 15) is 9.59 Å². The van der Waals surface area contributed by atoms with Crippen LogP contribution in [0.25, 0.3) is 11.1 Å². The minimum atomic E-state index is -0.586. The van der Waals surface area contributed by atoms with E-state index in [0.717, 1.165) is 16.7 Å². The normalized spacial score (nSPS) is 13.3. The molecule has 3 N–H and O–H groups in total. The highest BCUT2D eigenvalue weighted by Crippen LogP contribution is 2.19. The van der Waals surface area contributed by atoms with Gasteiger partial charge in [-0.15, -0.1) is 0 Å². The number of carbonyl (C=O) groups excluding carboxylic acids is 2. The van der Waals surface area contributed by atoms with Gasteiger partial charge in [0.05, 0.1) is 12.1 Å². The first-order chi connectivity index (χ1) is 12.4. The van der Waals surface area contributed by atoms with Crippen LogP contribution in [0.1, 0.15) is 32.8 Å². The molecule has 1 amide bonds. The van der Waals surface area contributed by atoms with E-state index in [1.807, 2.05) is 56.3 Å². The number of benzene rings is 2. The van der Waals surface area contributed by atoms with Crippen molar-refractivity contribution in [3.8, 4) is 11.1 Å². The fourth-order valence-electron chi connectivity index (χ4n) is 2.89. The third kappa shape index (κ3) is 5.81. The Morgan fingerprint density at radius 1 is 0.962 bits per heavy atom. The first-order valence-corrected chi connectivity index (χ1v) is 9.07. The van der Waals surface area contributed by atoms with Gasteiger partial charge in [0, 0.05) is 0 Å². The van der Waals surface area contributed by atoms with E-state index < -0.39 is 12.1 Å². The van der Waals surface area contributed by atoms with Crippen molar-refractivity contribution in [2.24, 2.45) is 11.7 Å². The molecule has 4 nitrogen and oxygen atoms in total. The van der Waals surface area contributed by atoms with Crippen molar-refractivity contribution in [1.29, 1.82) is 0 Å². The molecule has 0 aromatic heterocycles. The Labute approximate surface area is 155 Å². The summed E-state index contributed by atoms with van der Waals surface area (Å²) in [4.78, 5) is 24.2. The van der Waals surface area contributed by atoms with Crippen LogP contribution in [-0.2, 0) is 16.0 Å². The third-order valence-corrected chi connectivity index (χ3v) is 4.37. The monoisotopic (exact) mass is 352 g/mol. The number of ketones is 1. The SMILES string of the molecule is CC(=O)[C@H](Cc1ccc(-c2ccccc2)cc1)NC(=O)[C@@H](N)CC(C)C. The van der Waals surface area contributed by atoms with E-state index in [1.165, 1.54) is 6.92 Å². The zero-order valence-electron chi connectivity index (χ0n) is 15.7. The smallest absolute Gasteiger partial charge is 0.237 e. The van der Waals surface area contributed by atoms with Gasteiger partial charge in [-0.25, -0.2) is 0 Å². The molecule has 2 atom stereocenters. The number of rotatable bonds is 8. The first-order valence-electron chi connectivity index (χ1n) is 9.07. The third-order valence-electron chi connectivity index (χ3n) is 4.37. The average Bonchev–Trinajstić information content (AvgIpc) is 2.61. The van der Waals surface area contributed by atoms with Crippen LogP contribution in [0.15, 0.2) is 54.6 Å². The van der Waals surface area contributed by atoms with Gasteiger partial charge in [-0.05, 0) is 42.4 Å². The molecule has 138 valence electrons. The van der Waals surface area contributed by atoms with Crippen molar-refractivity contribution in [2.75, 3.05) is 0 Å². The van der Waals surface area contributed by atoms with Crippen LogP contribution in [0.5, 0.6) is 0 Å². The quantitative estimate of drug-likeness (QED) is 0.765. The van der Waals surface area contributed by atoms with Crippen LogP contribution < -0.4 is 11.1 Å². The summed E-state index contributed by atoms with van der Waals surface area (Å²) >= 11 is 0. The topological polar surface area (TPSA) is 72.2 Å². The average molecular weight is 352 g/mol. The number of nitrogens with two attached hydrogens (primary N) is 1. The van der Waals surface area contributed by atoms with Gasteiger partial charge in [-0.2, -0.15) is 0 Å². The summed E-state index contributed by atoms with van der Waals surface area (Å²) in [6.07, 6.45) is 1.06. The highest BCUT2D eigenvalue weighted by atomic mass is 16.2. The summed E-state index contributed by atoms with van der Waals surface area (Å²) in [5, 5.41) is 2.80. The lowest BCUT2D eigenvalue weighted by Crippen LogP contribution is -2.49. The summed E-state index contributed by atoms with van der Waals surface area (Å²) in [6, 6.07) is 17.0. The molecular formula is C22H28N2O2. The van der Waals surface area contributed by atoms with Gasteiger partial charge in [0.1, 0.15) is 0 Å². The predicted octanol–water partition coefficient (Wildman–Crippen LogP) is 3.34. The van der Waals surface area contributed by atoms with E-state index >= 15 is 0 Å². The lowest BCUT2D eigenvalue weighted by atomic mass is 9.98. The van der Waals surface area contributed by atoms with Crippen LogP contribution >= 0.6 is 0 Å². The van der Waals surface area contributed by atoms with Crippen molar-refractivity contribution in [3.05, 3.63) is 60.2 Å². The van der Waals surface area contributed by atoms with Crippen molar-refractivity contribution in [1.82, 2.24) is 5.32 Å². The maximum absolute atomic E-state index is 12.2. The Kier molecular flexibility index (Phi) is 7.10. The zero-order chi connectivity index (χ0) is 19.1. The van der Waals surface area contributed by atoms with Gasteiger partial charge in [0.2, 0.25) is 5.91 Å². The Morgan fingerprint density at radius 3 is 2.08 bits per heavy atom. The van der Waals surface area contributed by atoms with Gasteiger partial charge < -0.3 is 11.1 Å². The molecule has 0 aliphatic heterocycles. The maximum atomic E-state index is 12.2. The van der Waals surface area contributed by atoms with E-state index in [2.05, 4.69) is 17.4 Å². The molecule has 2 rings (SSSR count). The highest BCUT2D eigenvalue weighted by Gasteiger charge is 2.22. The molecule has 0 heterocycles. The van der Waals surface area contributed by atoms with E-state index in [1.54, 1.807) is 0 Å². The molecule has 0 saturated heterocycles. The number of hydrogen-bond donors (Lipinski definition) is 2. The highest BCUT2D eigenvalue weighted by molar-refractivity contribution is 5.89. The molecular weight excluding hydrogens is 324 g/mol. The molecule has 0 saturated carbocycles. The Morgan fingerprint density at radius 2 is 1.54 bits per heavy atom.